The van der Waals surface area contributed by atoms with Gasteiger partial charge >= 0.3 is 0 Å². The molecule has 0 heterocycles. The Morgan fingerprint density at radius 1 is 1.22 bits per heavy atom. The van der Waals surface area contributed by atoms with E-state index in [0.717, 1.165) is 30.4 Å². The molecule has 2 rings (SSSR count). The molecule has 0 spiro atoms. The van der Waals surface area contributed by atoms with Crippen molar-refractivity contribution >= 4 is 5.71 Å². The van der Waals surface area contributed by atoms with Gasteiger partial charge in [0, 0.05) is 12.0 Å². The first-order chi connectivity index (χ1) is 8.71. The molecule has 0 aliphatic heterocycles. The molecular formula is C13H17NO4. The number of rotatable bonds is 2. The van der Waals surface area contributed by atoms with Crippen molar-refractivity contribution < 1.29 is 19.8 Å². The van der Waals surface area contributed by atoms with Crippen LogP contribution in [0.5, 0.6) is 17.2 Å². The van der Waals surface area contributed by atoms with Gasteiger partial charge in [0.1, 0.15) is 0 Å². The highest BCUT2D eigenvalue weighted by Gasteiger charge is 2.22. The SMILES string of the molecule is COc1cc2c(c(O)c1OC)C/C(=N\O)CCC2. The fourth-order valence-electron chi connectivity index (χ4n) is 2.35. The van der Waals surface area contributed by atoms with E-state index in [0.29, 0.717) is 23.6 Å². The van der Waals surface area contributed by atoms with Gasteiger partial charge in [0.25, 0.3) is 0 Å². The Morgan fingerprint density at radius 2 is 2.00 bits per heavy atom. The van der Waals surface area contributed by atoms with Gasteiger partial charge in [0.15, 0.2) is 11.5 Å². The fraction of sp³-hybridized carbons (Fsp3) is 0.462. The molecule has 0 unspecified atom stereocenters. The van der Waals surface area contributed by atoms with Crippen molar-refractivity contribution in [3.05, 3.63) is 17.2 Å². The first-order valence-electron chi connectivity index (χ1n) is 5.86. The van der Waals surface area contributed by atoms with Crippen LogP contribution in [-0.2, 0) is 12.8 Å². The molecule has 0 atom stereocenters. The first kappa shape index (κ1) is 12.5. The van der Waals surface area contributed by atoms with Crippen LogP contribution >= 0.6 is 0 Å². The van der Waals surface area contributed by atoms with E-state index in [9.17, 15) is 5.11 Å². The van der Waals surface area contributed by atoms with Gasteiger partial charge in [0.05, 0.1) is 19.9 Å². The van der Waals surface area contributed by atoms with Crippen LogP contribution in [0.15, 0.2) is 11.2 Å². The zero-order valence-electron chi connectivity index (χ0n) is 10.6. The van der Waals surface area contributed by atoms with Gasteiger partial charge in [-0.15, -0.1) is 0 Å². The molecule has 18 heavy (non-hydrogen) atoms. The van der Waals surface area contributed by atoms with Crippen LogP contribution in [0.25, 0.3) is 0 Å². The molecule has 0 saturated heterocycles. The molecule has 0 bridgehead atoms. The third kappa shape index (κ3) is 2.08. The van der Waals surface area contributed by atoms with Crippen molar-refractivity contribution in [1.29, 1.82) is 0 Å². The molecule has 5 heteroatoms. The molecule has 1 aliphatic rings. The van der Waals surface area contributed by atoms with E-state index in [-0.39, 0.29) is 5.75 Å². The van der Waals surface area contributed by atoms with E-state index < -0.39 is 0 Å². The smallest absolute Gasteiger partial charge is 0.203 e. The van der Waals surface area contributed by atoms with Gasteiger partial charge in [0.2, 0.25) is 5.75 Å². The predicted molar refractivity (Wildman–Crippen MR) is 67.1 cm³/mol. The Morgan fingerprint density at radius 3 is 2.61 bits per heavy atom. The minimum absolute atomic E-state index is 0.0786. The van der Waals surface area contributed by atoms with E-state index in [1.165, 1.54) is 7.11 Å². The zero-order valence-corrected chi connectivity index (χ0v) is 10.6. The number of nitrogens with zero attached hydrogens (tertiary/aromatic N) is 1. The lowest BCUT2D eigenvalue weighted by molar-refractivity contribution is 0.316. The molecule has 1 aromatic rings. The van der Waals surface area contributed by atoms with E-state index in [4.69, 9.17) is 14.7 Å². The van der Waals surface area contributed by atoms with Gasteiger partial charge in [-0.3, -0.25) is 0 Å². The third-order valence-corrected chi connectivity index (χ3v) is 3.28. The lowest BCUT2D eigenvalue weighted by Gasteiger charge is -2.15. The van der Waals surface area contributed by atoms with Crippen LogP contribution in [0, 0.1) is 0 Å². The number of fused-ring (bicyclic) bond motifs is 1. The van der Waals surface area contributed by atoms with Crippen molar-refractivity contribution in [3.63, 3.8) is 0 Å². The van der Waals surface area contributed by atoms with Crippen molar-refractivity contribution in [2.75, 3.05) is 14.2 Å². The number of aryl methyl sites for hydroxylation is 1. The quantitative estimate of drug-likeness (QED) is 0.480. The van der Waals surface area contributed by atoms with Crippen LogP contribution in [-0.4, -0.2) is 30.2 Å². The number of phenolic OH excluding ortho intramolecular Hbond substituents is 1. The number of ether oxygens (including phenoxy) is 2. The monoisotopic (exact) mass is 251 g/mol. The maximum absolute atomic E-state index is 10.2. The highest BCUT2D eigenvalue weighted by atomic mass is 16.5. The number of hydrogen-bond donors (Lipinski definition) is 2. The topological polar surface area (TPSA) is 71.3 Å². The van der Waals surface area contributed by atoms with Crippen molar-refractivity contribution in [2.24, 2.45) is 5.16 Å². The van der Waals surface area contributed by atoms with Gasteiger partial charge in [-0.25, -0.2) is 0 Å². The number of benzene rings is 1. The van der Waals surface area contributed by atoms with Gasteiger partial charge in [-0.2, -0.15) is 0 Å². The van der Waals surface area contributed by atoms with Crippen molar-refractivity contribution in [1.82, 2.24) is 0 Å². The van der Waals surface area contributed by atoms with Crippen LogP contribution in [0.3, 0.4) is 0 Å². The first-order valence-corrected chi connectivity index (χ1v) is 5.86. The summed E-state index contributed by atoms with van der Waals surface area (Å²) in [4.78, 5) is 0. The Bertz CT molecular complexity index is 482. The second-order valence-corrected chi connectivity index (χ2v) is 4.29. The Balaban J connectivity index is 2.56. The van der Waals surface area contributed by atoms with Crippen molar-refractivity contribution in [3.8, 4) is 17.2 Å². The summed E-state index contributed by atoms with van der Waals surface area (Å²) < 4.78 is 10.4. The predicted octanol–water partition coefficient (Wildman–Crippen LogP) is 2.12. The number of oxime groups is 1. The summed E-state index contributed by atoms with van der Waals surface area (Å²) in [5, 5.41) is 22.4. The lowest BCUT2D eigenvalue weighted by atomic mass is 10.00. The molecule has 0 radical (unpaired) electrons. The molecule has 0 saturated carbocycles. The summed E-state index contributed by atoms with van der Waals surface area (Å²) >= 11 is 0. The lowest BCUT2D eigenvalue weighted by Crippen LogP contribution is -2.03. The van der Waals surface area contributed by atoms with Gasteiger partial charge in [-0.1, -0.05) is 5.16 Å². The summed E-state index contributed by atoms with van der Waals surface area (Å²) in [5.41, 5.74) is 2.46. The average molecular weight is 251 g/mol. The maximum atomic E-state index is 10.2. The van der Waals surface area contributed by atoms with Crippen LogP contribution in [0.1, 0.15) is 24.0 Å². The summed E-state index contributed by atoms with van der Waals surface area (Å²) in [6.45, 7) is 0. The molecule has 5 nitrogen and oxygen atoms in total. The van der Waals surface area contributed by atoms with E-state index in [1.807, 2.05) is 6.07 Å². The summed E-state index contributed by atoms with van der Waals surface area (Å²) in [7, 11) is 3.03. The summed E-state index contributed by atoms with van der Waals surface area (Å²) in [5.74, 6) is 0.934. The van der Waals surface area contributed by atoms with Crippen molar-refractivity contribution in [2.45, 2.75) is 25.7 Å². The van der Waals surface area contributed by atoms with Crippen LogP contribution in [0.2, 0.25) is 0 Å². The number of hydrogen-bond acceptors (Lipinski definition) is 5. The number of phenols is 1. The standard InChI is InChI=1S/C13H17NO4/c1-17-11-6-8-4-3-5-9(14-16)7-10(8)12(15)13(11)18-2/h6,15-16H,3-5,7H2,1-2H3/b14-9-. The highest BCUT2D eigenvalue weighted by molar-refractivity contribution is 5.88. The summed E-state index contributed by atoms with van der Waals surface area (Å²) in [6.07, 6.45) is 2.89. The van der Waals surface area contributed by atoms with E-state index in [2.05, 4.69) is 5.16 Å². The minimum atomic E-state index is 0.0786. The molecule has 0 amide bonds. The highest BCUT2D eigenvalue weighted by Crippen LogP contribution is 2.42. The van der Waals surface area contributed by atoms with Crippen LogP contribution in [0.4, 0.5) is 0 Å². The Hall–Kier alpha value is -1.91. The van der Waals surface area contributed by atoms with Gasteiger partial charge < -0.3 is 19.8 Å². The molecule has 98 valence electrons. The third-order valence-electron chi connectivity index (χ3n) is 3.28. The largest absolute Gasteiger partial charge is 0.504 e. The average Bonchev–Trinajstić information content (AvgIpc) is 2.60. The molecule has 0 fully saturated rings. The number of methoxy groups -OCH3 is 2. The maximum Gasteiger partial charge on any atom is 0.203 e. The van der Waals surface area contributed by atoms with E-state index >= 15 is 0 Å². The molecule has 1 aliphatic carbocycles. The molecule has 0 aromatic heterocycles. The summed E-state index contributed by atoms with van der Waals surface area (Å²) in [6, 6.07) is 1.88. The van der Waals surface area contributed by atoms with Gasteiger partial charge in [-0.05, 0) is 30.9 Å². The molecular weight excluding hydrogens is 234 g/mol. The second-order valence-electron chi connectivity index (χ2n) is 4.29. The fourth-order valence-corrected chi connectivity index (χ4v) is 2.35. The molecule has 1 aromatic carbocycles. The Labute approximate surface area is 106 Å². The van der Waals surface area contributed by atoms with Crippen LogP contribution < -0.4 is 9.47 Å². The Kier molecular flexibility index (Phi) is 3.60. The minimum Gasteiger partial charge on any atom is -0.504 e. The van der Waals surface area contributed by atoms with E-state index in [1.54, 1.807) is 7.11 Å². The normalized spacial score (nSPS) is 17.1. The molecule has 2 N–H and O–H groups in total. The number of aromatic hydroxyl groups is 1. The zero-order chi connectivity index (χ0) is 13.1. The second kappa shape index (κ2) is 5.16.